The van der Waals surface area contributed by atoms with Crippen LogP contribution >= 0.6 is 7.82 Å². The van der Waals surface area contributed by atoms with Gasteiger partial charge in [0.2, 0.25) is 0 Å². The van der Waals surface area contributed by atoms with Crippen LogP contribution in [0.3, 0.4) is 0 Å². The first-order valence-electron chi connectivity index (χ1n) is 34.3. The summed E-state index contributed by atoms with van der Waals surface area (Å²) in [5.74, 6) is -0.824. The zero-order valence-corrected chi connectivity index (χ0v) is 55.1. The van der Waals surface area contributed by atoms with Gasteiger partial charge in [0.05, 0.1) is 27.7 Å². The summed E-state index contributed by atoms with van der Waals surface area (Å²) in [4.78, 5) is 38.0. The van der Waals surface area contributed by atoms with Gasteiger partial charge in [0.1, 0.15) is 19.8 Å². The molecular formula is C72H130NO8P. The number of phosphoric ester groups is 1. The van der Waals surface area contributed by atoms with Gasteiger partial charge in [-0.15, -0.1) is 0 Å². The Labute approximate surface area is 507 Å². The topological polar surface area (TPSA) is 111 Å². The number of phosphoric acid groups is 1. The van der Waals surface area contributed by atoms with Crippen molar-refractivity contribution in [1.29, 1.82) is 0 Å². The van der Waals surface area contributed by atoms with Crippen molar-refractivity contribution in [3.63, 3.8) is 0 Å². The fourth-order valence-corrected chi connectivity index (χ4v) is 10.4. The van der Waals surface area contributed by atoms with Crippen LogP contribution in [-0.2, 0) is 32.7 Å². The molecule has 0 aliphatic heterocycles. The minimum atomic E-state index is -4.64. The molecule has 2 unspecified atom stereocenters. The van der Waals surface area contributed by atoms with Gasteiger partial charge in [-0.3, -0.25) is 14.2 Å². The van der Waals surface area contributed by atoms with Crippen LogP contribution < -0.4 is 4.89 Å². The van der Waals surface area contributed by atoms with E-state index in [2.05, 4.69) is 98.9 Å². The molecule has 9 nitrogen and oxygen atoms in total. The average Bonchev–Trinajstić information content (AvgIpc) is 3.46. The van der Waals surface area contributed by atoms with E-state index in [1.807, 2.05) is 21.1 Å². The van der Waals surface area contributed by atoms with Crippen LogP contribution in [0.5, 0.6) is 0 Å². The van der Waals surface area contributed by atoms with E-state index in [4.69, 9.17) is 18.5 Å². The van der Waals surface area contributed by atoms with Gasteiger partial charge in [-0.25, -0.2) is 0 Å². The second-order valence-electron chi connectivity index (χ2n) is 24.2. The van der Waals surface area contributed by atoms with Gasteiger partial charge in [0, 0.05) is 12.8 Å². The number of esters is 2. The first kappa shape index (κ1) is 79.2. The molecular weight excluding hydrogens is 1040 g/mol. The van der Waals surface area contributed by atoms with Gasteiger partial charge < -0.3 is 27.9 Å². The van der Waals surface area contributed by atoms with Crippen molar-refractivity contribution < 1.29 is 42.1 Å². The highest BCUT2D eigenvalue weighted by Gasteiger charge is 2.22. The molecule has 2 atom stereocenters. The lowest BCUT2D eigenvalue weighted by Gasteiger charge is -2.28. The zero-order chi connectivity index (χ0) is 59.8. The molecule has 0 heterocycles. The molecule has 476 valence electrons. The quantitative estimate of drug-likeness (QED) is 0.0195. The molecule has 0 rings (SSSR count). The molecule has 0 saturated heterocycles. The predicted molar refractivity (Wildman–Crippen MR) is 351 cm³/mol. The Morgan fingerprint density at radius 3 is 1.05 bits per heavy atom. The van der Waals surface area contributed by atoms with Gasteiger partial charge >= 0.3 is 11.9 Å². The van der Waals surface area contributed by atoms with Crippen LogP contribution in [0.1, 0.15) is 309 Å². The lowest BCUT2D eigenvalue weighted by atomic mass is 10.0. The minimum absolute atomic E-state index is 0.0312. The number of hydrogen-bond donors (Lipinski definition) is 0. The van der Waals surface area contributed by atoms with E-state index < -0.39 is 26.5 Å². The molecule has 0 N–H and O–H groups in total. The Balaban J connectivity index is 3.97. The second kappa shape index (κ2) is 62.7. The maximum atomic E-state index is 12.8. The summed E-state index contributed by atoms with van der Waals surface area (Å²) in [5.41, 5.74) is 0. The van der Waals surface area contributed by atoms with E-state index in [1.54, 1.807) is 0 Å². The van der Waals surface area contributed by atoms with Crippen LogP contribution in [0.15, 0.2) is 85.1 Å². The number of hydrogen-bond acceptors (Lipinski definition) is 8. The molecule has 0 spiro atoms. The third-order valence-corrected chi connectivity index (χ3v) is 15.9. The van der Waals surface area contributed by atoms with Crippen molar-refractivity contribution >= 4 is 19.8 Å². The van der Waals surface area contributed by atoms with Gasteiger partial charge in [-0.1, -0.05) is 292 Å². The van der Waals surface area contributed by atoms with E-state index in [0.29, 0.717) is 17.4 Å². The van der Waals surface area contributed by atoms with Gasteiger partial charge in [0.25, 0.3) is 7.82 Å². The number of ether oxygens (including phenoxy) is 2. The number of quaternary nitrogens is 1. The number of allylic oxidation sites excluding steroid dienone is 14. The van der Waals surface area contributed by atoms with E-state index in [9.17, 15) is 19.0 Å². The zero-order valence-electron chi connectivity index (χ0n) is 54.2. The Morgan fingerprint density at radius 2 is 0.695 bits per heavy atom. The standard InChI is InChI=1S/C72H130NO8P/c1-6-8-10-12-14-16-18-20-22-24-26-27-28-29-30-31-32-33-34-35-36-37-38-39-40-41-42-43-44-45-47-49-51-53-55-57-59-61-63-65-72(75)81-70(69-80-82(76,77)79-67-66-73(3,4)5)68-78-71(74)64-62-60-58-56-54-52-50-48-46-25-23-21-19-17-15-13-11-9-7-2/h8,10,14,16,20-23,26-27,29-30,32-33,70H,6-7,9,11-13,15,17-19,24-25,28,31,34-69H2,1-5H3/b10-8-,16-14-,22-20-,23-21-,27-26-,30-29-,33-32-. The Morgan fingerprint density at radius 1 is 0.390 bits per heavy atom. The van der Waals surface area contributed by atoms with Crippen molar-refractivity contribution in [3.05, 3.63) is 85.1 Å². The number of rotatable bonds is 63. The minimum Gasteiger partial charge on any atom is -0.756 e. The maximum absolute atomic E-state index is 12.8. The molecule has 0 saturated carbocycles. The van der Waals surface area contributed by atoms with Crippen LogP contribution in [0.2, 0.25) is 0 Å². The SMILES string of the molecule is CC/C=C\C/C=C\C/C=C\C/C=C\C/C=C\C/C=C\CCCCCCCCCCCCCCCCCCCCCCC(=O)OC(COC(=O)CCCCCCCCCCC/C=C\CCCCCCCC)COP(=O)([O-])OCC[N+](C)(C)C. The highest BCUT2D eigenvalue weighted by Crippen LogP contribution is 2.38. The fourth-order valence-electron chi connectivity index (χ4n) is 9.66. The predicted octanol–water partition coefficient (Wildman–Crippen LogP) is 21.5. The van der Waals surface area contributed by atoms with Crippen LogP contribution in [-0.4, -0.2) is 70.0 Å². The normalized spacial score (nSPS) is 13.7. The van der Waals surface area contributed by atoms with Gasteiger partial charge in [0.15, 0.2) is 6.10 Å². The third kappa shape index (κ3) is 66.3. The summed E-state index contributed by atoms with van der Waals surface area (Å²) < 4.78 is 34.3. The average molecular weight is 1170 g/mol. The maximum Gasteiger partial charge on any atom is 0.306 e. The largest absolute Gasteiger partial charge is 0.756 e. The Bertz CT molecular complexity index is 1660. The molecule has 0 fully saturated rings. The summed E-state index contributed by atoms with van der Waals surface area (Å²) in [6.07, 6.45) is 85.2. The summed E-state index contributed by atoms with van der Waals surface area (Å²) in [7, 11) is 1.17. The molecule has 0 aromatic heterocycles. The summed E-state index contributed by atoms with van der Waals surface area (Å²) in [5, 5.41) is 0. The third-order valence-electron chi connectivity index (χ3n) is 14.9. The number of unbranched alkanes of at least 4 members (excludes halogenated alkanes) is 35. The highest BCUT2D eigenvalue weighted by molar-refractivity contribution is 7.45. The van der Waals surface area contributed by atoms with Crippen molar-refractivity contribution in [1.82, 2.24) is 0 Å². The van der Waals surface area contributed by atoms with Crippen molar-refractivity contribution in [2.45, 2.75) is 315 Å². The Kier molecular flexibility index (Phi) is 60.6. The smallest absolute Gasteiger partial charge is 0.306 e. The van der Waals surface area contributed by atoms with E-state index in [0.717, 1.165) is 77.0 Å². The molecule has 0 aliphatic carbocycles. The molecule has 0 radical (unpaired) electrons. The van der Waals surface area contributed by atoms with Crippen LogP contribution in [0.4, 0.5) is 0 Å². The van der Waals surface area contributed by atoms with Crippen molar-refractivity contribution in [2.75, 3.05) is 47.5 Å². The summed E-state index contributed by atoms with van der Waals surface area (Å²) >= 11 is 0. The van der Waals surface area contributed by atoms with E-state index in [-0.39, 0.29) is 32.0 Å². The molecule has 0 aromatic carbocycles. The molecule has 0 aliphatic rings. The number of carbonyl (C=O) groups excluding carboxylic acids is 2. The number of likely N-dealkylation sites (N-methyl/N-ethyl adjacent to an activating group) is 1. The molecule has 0 amide bonds. The van der Waals surface area contributed by atoms with Crippen molar-refractivity contribution in [3.8, 4) is 0 Å². The van der Waals surface area contributed by atoms with Gasteiger partial charge in [-0.05, 0) is 89.9 Å². The van der Waals surface area contributed by atoms with Crippen LogP contribution in [0.25, 0.3) is 0 Å². The molecule has 10 heteroatoms. The lowest BCUT2D eigenvalue weighted by Crippen LogP contribution is -2.37. The summed E-state index contributed by atoms with van der Waals surface area (Å²) in [6.45, 7) is 4.15. The fraction of sp³-hybridized carbons (Fsp3) is 0.778. The first-order valence-corrected chi connectivity index (χ1v) is 35.8. The van der Waals surface area contributed by atoms with Crippen molar-refractivity contribution in [2.24, 2.45) is 0 Å². The number of nitrogens with zero attached hydrogens (tertiary/aromatic N) is 1. The van der Waals surface area contributed by atoms with Crippen LogP contribution in [0, 0.1) is 0 Å². The highest BCUT2D eigenvalue weighted by atomic mass is 31.2. The van der Waals surface area contributed by atoms with E-state index >= 15 is 0 Å². The van der Waals surface area contributed by atoms with Gasteiger partial charge in [-0.2, -0.15) is 0 Å². The lowest BCUT2D eigenvalue weighted by molar-refractivity contribution is -0.870. The second-order valence-corrected chi connectivity index (χ2v) is 25.6. The molecule has 0 aromatic rings. The monoisotopic (exact) mass is 1170 g/mol. The molecule has 0 bridgehead atoms. The molecule has 82 heavy (non-hydrogen) atoms. The number of carbonyl (C=O) groups is 2. The Hall–Kier alpha value is -2.81. The van der Waals surface area contributed by atoms with E-state index in [1.165, 1.54) is 199 Å². The summed E-state index contributed by atoms with van der Waals surface area (Å²) in [6, 6.07) is 0. The first-order chi connectivity index (χ1) is 40.0.